The number of hydrogen-bond acceptors (Lipinski definition) is 4. The molecule has 110 valence electrons. The molecule has 1 N–H and O–H groups in total. The second-order valence-corrected chi connectivity index (χ2v) is 6.13. The number of hydrogen-bond donors (Lipinski definition) is 1. The zero-order chi connectivity index (χ0) is 13.8. The minimum absolute atomic E-state index is 0.695. The number of piperidine rings is 1. The van der Waals surface area contributed by atoms with Gasteiger partial charge >= 0.3 is 0 Å². The van der Waals surface area contributed by atoms with Gasteiger partial charge in [-0.2, -0.15) is 0 Å². The van der Waals surface area contributed by atoms with Gasteiger partial charge in [-0.25, -0.2) is 0 Å². The van der Waals surface area contributed by atoms with Crippen molar-refractivity contribution in [3.63, 3.8) is 0 Å². The van der Waals surface area contributed by atoms with E-state index in [1.54, 1.807) is 0 Å². The average Bonchev–Trinajstić information content (AvgIpc) is 3.33. The first kappa shape index (κ1) is 13.8. The molecule has 3 rings (SSSR count). The van der Waals surface area contributed by atoms with Crippen molar-refractivity contribution >= 4 is 5.69 Å². The molecule has 0 radical (unpaired) electrons. The van der Waals surface area contributed by atoms with Gasteiger partial charge in [0.15, 0.2) is 0 Å². The minimum Gasteiger partial charge on any atom is -0.371 e. The Bertz CT molecular complexity index is 396. The fourth-order valence-electron chi connectivity index (χ4n) is 3.04. The van der Waals surface area contributed by atoms with Gasteiger partial charge in [0.05, 0.1) is 0 Å². The summed E-state index contributed by atoms with van der Waals surface area (Å²) in [4.78, 5) is 9.06. The molecule has 1 saturated heterocycles. The van der Waals surface area contributed by atoms with Crippen LogP contribution in [0.25, 0.3) is 0 Å². The quantitative estimate of drug-likeness (QED) is 0.856. The highest BCUT2D eigenvalue weighted by Gasteiger charge is 2.25. The van der Waals surface area contributed by atoms with Gasteiger partial charge in [0, 0.05) is 56.3 Å². The molecule has 4 nitrogen and oxygen atoms in total. The van der Waals surface area contributed by atoms with Crippen LogP contribution in [0.4, 0.5) is 5.69 Å². The van der Waals surface area contributed by atoms with E-state index in [2.05, 4.69) is 39.3 Å². The third-order valence-electron chi connectivity index (χ3n) is 4.59. The fraction of sp³-hybridized carbons (Fsp3) is 0.688. The molecule has 0 bridgehead atoms. The molecule has 1 aromatic heterocycles. The van der Waals surface area contributed by atoms with Crippen LogP contribution >= 0.6 is 0 Å². The Hall–Kier alpha value is -1.13. The van der Waals surface area contributed by atoms with Crippen molar-refractivity contribution in [2.24, 2.45) is 0 Å². The summed E-state index contributed by atoms with van der Waals surface area (Å²) in [6, 6.07) is 5.79. The first-order valence-electron chi connectivity index (χ1n) is 7.91. The molecule has 0 atom stereocenters. The normalized spacial score (nSPS) is 20.6. The summed E-state index contributed by atoms with van der Waals surface area (Å²) in [5.41, 5.74) is 1.31. The summed E-state index contributed by atoms with van der Waals surface area (Å²) in [6.45, 7) is 4.63. The number of likely N-dealkylation sites (N-methyl/N-ethyl adjacent to an activating group) is 1. The SMILES string of the molecule is CN(CCNC1CCN(c2ccncc2)CC1)C1CC1. The first-order chi connectivity index (χ1) is 9.83. The molecule has 2 fully saturated rings. The fourth-order valence-corrected chi connectivity index (χ4v) is 3.04. The van der Waals surface area contributed by atoms with Crippen LogP contribution in [0.5, 0.6) is 0 Å². The maximum absolute atomic E-state index is 4.09. The summed E-state index contributed by atoms with van der Waals surface area (Å²) in [7, 11) is 2.26. The van der Waals surface area contributed by atoms with Gasteiger partial charge in [0.25, 0.3) is 0 Å². The van der Waals surface area contributed by atoms with Crippen molar-refractivity contribution in [2.75, 3.05) is 38.1 Å². The Kier molecular flexibility index (Phi) is 4.53. The van der Waals surface area contributed by atoms with E-state index in [1.807, 2.05) is 12.4 Å². The van der Waals surface area contributed by atoms with Crippen LogP contribution < -0.4 is 10.2 Å². The molecule has 0 amide bonds. The van der Waals surface area contributed by atoms with E-state index >= 15 is 0 Å². The lowest BCUT2D eigenvalue weighted by Crippen LogP contribution is -2.44. The molecule has 20 heavy (non-hydrogen) atoms. The number of rotatable bonds is 6. The molecule has 1 aromatic rings. The van der Waals surface area contributed by atoms with E-state index in [4.69, 9.17) is 0 Å². The topological polar surface area (TPSA) is 31.4 Å². The Balaban J connectivity index is 1.36. The van der Waals surface area contributed by atoms with Crippen molar-refractivity contribution in [2.45, 2.75) is 37.8 Å². The van der Waals surface area contributed by atoms with Crippen LogP contribution in [0, 0.1) is 0 Å². The van der Waals surface area contributed by atoms with Crippen LogP contribution in [0.3, 0.4) is 0 Å². The van der Waals surface area contributed by atoms with E-state index in [-0.39, 0.29) is 0 Å². The molecule has 1 aliphatic carbocycles. The smallest absolute Gasteiger partial charge is 0.0397 e. The highest BCUT2D eigenvalue weighted by atomic mass is 15.2. The Morgan fingerprint density at radius 3 is 2.55 bits per heavy atom. The zero-order valence-electron chi connectivity index (χ0n) is 12.5. The summed E-state index contributed by atoms with van der Waals surface area (Å²) in [5, 5.41) is 3.73. The summed E-state index contributed by atoms with van der Waals surface area (Å²) < 4.78 is 0. The number of aromatic nitrogens is 1. The Morgan fingerprint density at radius 1 is 1.20 bits per heavy atom. The minimum atomic E-state index is 0.695. The highest BCUT2D eigenvalue weighted by Crippen LogP contribution is 2.24. The van der Waals surface area contributed by atoms with Crippen molar-refractivity contribution in [1.29, 1.82) is 0 Å². The number of anilines is 1. The third-order valence-corrected chi connectivity index (χ3v) is 4.59. The lowest BCUT2D eigenvalue weighted by molar-refractivity contribution is 0.306. The molecule has 0 unspecified atom stereocenters. The molecule has 0 aromatic carbocycles. The van der Waals surface area contributed by atoms with Gasteiger partial charge in [-0.3, -0.25) is 4.98 Å². The lowest BCUT2D eigenvalue weighted by Gasteiger charge is -2.34. The van der Waals surface area contributed by atoms with Crippen molar-refractivity contribution in [3.8, 4) is 0 Å². The lowest BCUT2D eigenvalue weighted by atomic mass is 10.0. The van der Waals surface area contributed by atoms with Gasteiger partial charge in [-0.15, -0.1) is 0 Å². The van der Waals surface area contributed by atoms with Crippen molar-refractivity contribution in [3.05, 3.63) is 24.5 Å². The van der Waals surface area contributed by atoms with Crippen LogP contribution in [0.2, 0.25) is 0 Å². The van der Waals surface area contributed by atoms with Crippen molar-refractivity contribution < 1.29 is 0 Å². The monoisotopic (exact) mass is 274 g/mol. The summed E-state index contributed by atoms with van der Waals surface area (Å²) in [6.07, 6.45) is 9.06. The average molecular weight is 274 g/mol. The Labute approximate surface area is 122 Å². The molecule has 1 aliphatic heterocycles. The summed E-state index contributed by atoms with van der Waals surface area (Å²) >= 11 is 0. The third kappa shape index (κ3) is 3.70. The van der Waals surface area contributed by atoms with Gasteiger partial charge < -0.3 is 15.1 Å². The predicted molar refractivity (Wildman–Crippen MR) is 83.1 cm³/mol. The maximum Gasteiger partial charge on any atom is 0.0397 e. The highest BCUT2D eigenvalue weighted by molar-refractivity contribution is 5.44. The van der Waals surface area contributed by atoms with E-state index in [1.165, 1.54) is 37.9 Å². The van der Waals surface area contributed by atoms with Gasteiger partial charge in [0.1, 0.15) is 0 Å². The summed E-state index contributed by atoms with van der Waals surface area (Å²) in [5.74, 6) is 0. The number of pyridine rings is 1. The van der Waals surface area contributed by atoms with Gasteiger partial charge in [0.2, 0.25) is 0 Å². The molecule has 1 saturated carbocycles. The standard InChI is InChI=1S/C16H26N4/c1-19(15-2-3-15)13-10-18-14-6-11-20(12-7-14)16-4-8-17-9-5-16/h4-5,8-9,14-15,18H,2-3,6-7,10-13H2,1H3. The van der Waals surface area contributed by atoms with Gasteiger partial charge in [-0.1, -0.05) is 0 Å². The largest absolute Gasteiger partial charge is 0.371 e. The van der Waals surface area contributed by atoms with Gasteiger partial charge in [-0.05, 0) is 44.9 Å². The van der Waals surface area contributed by atoms with Crippen LogP contribution in [-0.2, 0) is 0 Å². The predicted octanol–water partition coefficient (Wildman–Crippen LogP) is 1.73. The first-order valence-corrected chi connectivity index (χ1v) is 7.91. The van der Waals surface area contributed by atoms with Crippen LogP contribution in [-0.4, -0.2) is 55.2 Å². The van der Waals surface area contributed by atoms with E-state index in [9.17, 15) is 0 Å². The number of nitrogens with zero attached hydrogens (tertiary/aromatic N) is 3. The van der Waals surface area contributed by atoms with E-state index < -0.39 is 0 Å². The molecule has 2 heterocycles. The van der Waals surface area contributed by atoms with Crippen LogP contribution in [0.15, 0.2) is 24.5 Å². The van der Waals surface area contributed by atoms with Crippen LogP contribution in [0.1, 0.15) is 25.7 Å². The number of nitrogens with one attached hydrogen (secondary N) is 1. The zero-order valence-corrected chi connectivity index (χ0v) is 12.5. The molecule has 4 heteroatoms. The van der Waals surface area contributed by atoms with E-state index in [0.717, 1.165) is 25.7 Å². The second kappa shape index (κ2) is 6.55. The second-order valence-electron chi connectivity index (χ2n) is 6.13. The molecular formula is C16H26N4. The molecular weight excluding hydrogens is 248 g/mol. The van der Waals surface area contributed by atoms with Crippen molar-refractivity contribution in [1.82, 2.24) is 15.2 Å². The maximum atomic E-state index is 4.09. The molecule has 2 aliphatic rings. The molecule has 0 spiro atoms. The van der Waals surface area contributed by atoms with E-state index in [0.29, 0.717) is 6.04 Å². The Morgan fingerprint density at radius 2 is 1.90 bits per heavy atom.